The average molecular weight is 262 g/mol. The number of pyridine rings is 1. The second kappa shape index (κ2) is 5.89. The Balaban J connectivity index is 2.28. The van der Waals surface area contributed by atoms with Crippen molar-refractivity contribution in [3.05, 3.63) is 65.0 Å². The van der Waals surface area contributed by atoms with Gasteiger partial charge in [0.2, 0.25) is 0 Å². The van der Waals surface area contributed by atoms with E-state index in [2.05, 4.69) is 4.98 Å². The van der Waals surface area contributed by atoms with Gasteiger partial charge in [0, 0.05) is 24.0 Å². The van der Waals surface area contributed by atoms with Gasteiger partial charge in [-0.25, -0.2) is 8.78 Å². The molecule has 4 heteroatoms. The lowest BCUT2D eigenvalue weighted by Gasteiger charge is -2.16. The third-order valence-electron chi connectivity index (χ3n) is 3.21. The number of nitrogens with zero attached hydrogens (tertiary/aromatic N) is 1. The highest BCUT2D eigenvalue weighted by Crippen LogP contribution is 2.22. The van der Waals surface area contributed by atoms with Gasteiger partial charge >= 0.3 is 0 Å². The molecule has 1 aromatic heterocycles. The highest BCUT2D eigenvalue weighted by atomic mass is 19.1. The van der Waals surface area contributed by atoms with Crippen molar-refractivity contribution < 1.29 is 8.78 Å². The van der Waals surface area contributed by atoms with Gasteiger partial charge in [0.25, 0.3) is 0 Å². The van der Waals surface area contributed by atoms with Gasteiger partial charge in [-0.15, -0.1) is 0 Å². The zero-order valence-corrected chi connectivity index (χ0v) is 10.7. The molecule has 0 spiro atoms. The molecule has 1 aromatic carbocycles. The number of halogens is 2. The van der Waals surface area contributed by atoms with Crippen molar-refractivity contribution in [3.8, 4) is 0 Å². The molecule has 2 aromatic rings. The zero-order valence-electron chi connectivity index (χ0n) is 10.7. The van der Waals surface area contributed by atoms with Crippen molar-refractivity contribution in [1.82, 2.24) is 4.98 Å². The van der Waals surface area contributed by atoms with E-state index in [1.54, 1.807) is 12.4 Å². The topological polar surface area (TPSA) is 38.9 Å². The first-order chi connectivity index (χ1) is 9.13. The van der Waals surface area contributed by atoms with E-state index in [-0.39, 0.29) is 12.0 Å². The zero-order chi connectivity index (χ0) is 13.8. The summed E-state index contributed by atoms with van der Waals surface area (Å²) >= 11 is 0. The van der Waals surface area contributed by atoms with Gasteiger partial charge in [0.15, 0.2) is 0 Å². The van der Waals surface area contributed by atoms with Crippen LogP contribution in [0.5, 0.6) is 0 Å². The van der Waals surface area contributed by atoms with Gasteiger partial charge < -0.3 is 5.73 Å². The first-order valence-electron chi connectivity index (χ1n) is 6.24. The maximum atomic E-state index is 13.6. The Hall–Kier alpha value is -1.81. The summed E-state index contributed by atoms with van der Waals surface area (Å²) in [6.07, 6.45) is 4.31. The molecule has 1 unspecified atom stereocenters. The van der Waals surface area contributed by atoms with Crippen LogP contribution in [0.1, 0.15) is 29.7 Å². The van der Waals surface area contributed by atoms with Crippen LogP contribution in [-0.4, -0.2) is 4.98 Å². The van der Waals surface area contributed by atoms with E-state index >= 15 is 0 Å². The van der Waals surface area contributed by atoms with Gasteiger partial charge in [-0.3, -0.25) is 4.98 Å². The van der Waals surface area contributed by atoms with E-state index in [9.17, 15) is 8.78 Å². The fraction of sp³-hybridized carbons (Fsp3) is 0.267. The van der Waals surface area contributed by atoms with Crippen molar-refractivity contribution in [2.75, 3.05) is 0 Å². The highest BCUT2D eigenvalue weighted by Gasteiger charge is 2.16. The number of hydrogen-bond acceptors (Lipinski definition) is 2. The quantitative estimate of drug-likeness (QED) is 0.919. The van der Waals surface area contributed by atoms with Crippen LogP contribution < -0.4 is 5.73 Å². The van der Waals surface area contributed by atoms with Crippen LogP contribution in [0.2, 0.25) is 0 Å². The minimum Gasteiger partial charge on any atom is -0.324 e. The van der Waals surface area contributed by atoms with Crippen molar-refractivity contribution in [3.63, 3.8) is 0 Å². The molecular weight excluding hydrogens is 246 g/mol. The Kier molecular flexibility index (Phi) is 4.22. The Morgan fingerprint density at radius 3 is 2.53 bits per heavy atom. The Morgan fingerprint density at radius 2 is 1.89 bits per heavy atom. The van der Waals surface area contributed by atoms with Crippen LogP contribution in [0.3, 0.4) is 0 Å². The van der Waals surface area contributed by atoms with Crippen LogP contribution in [-0.2, 0) is 12.8 Å². The molecule has 0 aliphatic carbocycles. The van der Waals surface area contributed by atoms with Crippen LogP contribution in [0, 0.1) is 11.6 Å². The lowest BCUT2D eigenvalue weighted by molar-refractivity contribution is 0.539. The van der Waals surface area contributed by atoms with Gasteiger partial charge in [0.05, 0.1) is 0 Å². The molecule has 0 amide bonds. The molecule has 2 rings (SSSR count). The van der Waals surface area contributed by atoms with E-state index in [0.717, 1.165) is 17.5 Å². The summed E-state index contributed by atoms with van der Waals surface area (Å²) in [6, 6.07) is 5.22. The Labute approximate surface area is 111 Å². The number of aryl methyl sites for hydroxylation is 1. The fourth-order valence-electron chi connectivity index (χ4n) is 2.15. The molecule has 0 saturated heterocycles. The molecule has 2 nitrogen and oxygen atoms in total. The smallest absolute Gasteiger partial charge is 0.129 e. The third kappa shape index (κ3) is 2.96. The second-order valence-electron chi connectivity index (χ2n) is 4.44. The Bertz CT molecular complexity index is 550. The molecule has 1 atom stereocenters. The first-order valence-corrected chi connectivity index (χ1v) is 6.24. The standard InChI is InChI=1S/C15H16F2N2/c1-2-10-9-19-7-6-11(10)15(18)8-12-13(16)4-3-5-14(12)17/h3-7,9,15H,2,8,18H2,1H3. The molecule has 0 saturated carbocycles. The largest absolute Gasteiger partial charge is 0.324 e. The summed E-state index contributed by atoms with van der Waals surface area (Å²) in [4.78, 5) is 4.04. The molecule has 1 heterocycles. The van der Waals surface area contributed by atoms with E-state index in [0.29, 0.717) is 0 Å². The van der Waals surface area contributed by atoms with Crippen LogP contribution in [0.4, 0.5) is 8.78 Å². The SMILES string of the molecule is CCc1cnccc1C(N)Cc1c(F)cccc1F. The lowest BCUT2D eigenvalue weighted by Crippen LogP contribution is -2.17. The molecule has 100 valence electrons. The van der Waals surface area contributed by atoms with Crippen molar-refractivity contribution in [1.29, 1.82) is 0 Å². The third-order valence-corrected chi connectivity index (χ3v) is 3.21. The minimum atomic E-state index is -0.553. The maximum absolute atomic E-state index is 13.6. The summed E-state index contributed by atoms with van der Waals surface area (Å²) in [5.41, 5.74) is 8.01. The predicted octanol–water partition coefficient (Wildman–Crippen LogP) is 3.16. The number of hydrogen-bond donors (Lipinski definition) is 1. The molecular formula is C15H16F2N2. The van der Waals surface area contributed by atoms with Gasteiger partial charge in [-0.1, -0.05) is 13.0 Å². The monoisotopic (exact) mass is 262 g/mol. The second-order valence-corrected chi connectivity index (χ2v) is 4.44. The van der Waals surface area contributed by atoms with E-state index in [1.165, 1.54) is 18.2 Å². The van der Waals surface area contributed by atoms with Crippen molar-refractivity contribution >= 4 is 0 Å². The molecule has 0 radical (unpaired) electrons. The predicted molar refractivity (Wildman–Crippen MR) is 70.6 cm³/mol. The van der Waals surface area contributed by atoms with Gasteiger partial charge in [-0.2, -0.15) is 0 Å². The number of aromatic nitrogens is 1. The highest BCUT2D eigenvalue weighted by molar-refractivity contribution is 5.29. The van der Waals surface area contributed by atoms with Crippen molar-refractivity contribution in [2.24, 2.45) is 5.73 Å². The minimum absolute atomic E-state index is 0.0360. The molecule has 0 aliphatic rings. The summed E-state index contributed by atoms with van der Waals surface area (Å²) in [6.45, 7) is 2.00. The molecule has 0 bridgehead atoms. The van der Waals surface area contributed by atoms with Gasteiger partial charge in [-0.05, 0) is 42.2 Å². The Morgan fingerprint density at radius 1 is 1.21 bits per heavy atom. The maximum Gasteiger partial charge on any atom is 0.129 e. The van der Waals surface area contributed by atoms with Crippen LogP contribution >= 0.6 is 0 Å². The molecule has 2 N–H and O–H groups in total. The van der Waals surface area contributed by atoms with Crippen LogP contribution in [0.15, 0.2) is 36.7 Å². The van der Waals surface area contributed by atoms with E-state index in [4.69, 9.17) is 5.73 Å². The summed E-state index contributed by atoms with van der Waals surface area (Å²) in [5.74, 6) is -1.11. The summed E-state index contributed by atoms with van der Waals surface area (Å²) in [7, 11) is 0. The number of nitrogens with two attached hydrogens (primary N) is 1. The van der Waals surface area contributed by atoms with E-state index in [1.807, 2.05) is 13.0 Å². The van der Waals surface area contributed by atoms with Crippen molar-refractivity contribution in [2.45, 2.75) is 25.8 Å². The van der Waals surface area contributed by atoms with E-state index < -0.39 is 17.7 Å². The first kappa shape index (κ1) is 13.6. The normalized spacial score (nSPS) is 12.4. The average Bonchev–Trinajstić information content (AvgIpc) is 2.42. The summed E-state index contributed by atoms with van der Waals surface area (Å²) < 4.78 is 27.2. The number of rotatable bonds is 4. The number of benzene rings is 1. The molecule has 0 fully saturated rings. The molecule has 19 heavy (non-hydrogen) atoms. The molecule has 0 aliphatic heterocycles. The van der Waals surface area contributed by atoms with Crippen LogP contribution in [0.25, 0.3) is 0 Å². The lowest BCUT2D eigenvalue weighted by atomic mass is 9.95. The fourth-order valence-corrected chi connectivity index (χ4v) is 2.15. The summed E-state index contributed by atoms with van der Waals surface area (Å²) in [5, 5.41) is 0. The van der Waals surface area contributed by atoms with Gasteiger partial charge in [0.1, 0.15) is 11.6 Å².